The lowest BCUT2D eigenvalue weighted by Gasteiger charge is -2.30. The molecule has 0 saturated carbocycles. The molecule has 0 bridgehead atoms. The minimum Gasteiger partial charge on any atom is -0.504 e. The zero-order chi connectivity index (χ0) is 24.1. The number of rotatable bonds is 6. The third-order valence-corrected chi connectivity index (χ3v) is 5.14. The smallest absolute Gasteiger partial charge is 0.337 e. The van der Waals surface area contributed by atoms with Crippen LogP contribution in [0.1, 0.15) is 21.8 Å². The van der Waals surface area contributed by atoms with E-state index >= 15 is 0 Å². The molecular weight excluding hydrogens is 430 g/mol. The largest absolute Gasteiger partial charge is 0.504 e. The van der Waals surface area contributed by atoms with Gasteiger partial charge in [0.1, 0.15) is 0 Å². The van der Waals surface area contributed by atoms with E-state index in [0.717, 1.165) is 0 Å². The zero-order valence-electron chi connectivity index (χ0n) is 18.5. The minimum atomic E-state index is -0.868. The lowest BCUT2D eigenvalue weighted by atomic mass is 9.83. The van der Waals surface area contributed by atoms with E-state index in [1.54, 1.807) is 35.2 Å². The lowest BCUT2D eigenvalue weighted by molar-refractivity contribution is -0.137. The van der Waals surface area contributed by atoms with Gasteiger partial charge in [-0.25, -0.2) is 14.4 Å². The van der Waals surface area contributed by atoms with E-state index in [9.17, 15) is 19.5 Å². The SMILES string of the molecule is COC(=O)C1=CN(c2ccc(C(=O)OC)cc2)C=C(C(=O)OC)C1c1ccc(OC)c(O)c1. The van der Waals surface area contributed by atoms with Crippen molar-refractivity contribution in [2.45, 2.75) is 5.92 Å². The van der Waals surface area contributed by atoms with Crippen LogP contribution in [0.25, 0.3) is 0 Å². The van der Waals surface area contributed by atoms with Gasteiger partial charge in [-0.15, -0.1) is 0 Å². The Bertz CT molecular complexity index is 1100. The van der Waals surface area contributed by atoms with Crippen LogP contribution < -0.4 is 9.64 Å². The standard InChI is InChI=1S/C24H23NO8/c1-30-20-10-7-15(11-19(20)26)21-17(23(28)32-3)12-25(13-18(21)24(29)33-4)16-8-5-14(6-9-16)22(27)31-2/h5-13,21,26H,1-4H3. The molecule has 1 N–H and O–H groups in total. The first-order chi connectivity index (χ1) is 15.8. The summed E-state index contributed by atoms with van der Waals surface area (Å²) in [5.41, 5.74) is 1.66. The van der Waals surface area contributed by atoms with Gasteiger partial charge in [0.05, 0.1) is 51.1 Å². The van der Waals surface area contributed by atoms with Crippen LogP contribution in [0.4, 0.5) is 5.69 Å². The topological polar surface area (TPSA) is 112 Å². The number of esters is 3. The first-order valence-electron chi connectivity index (χ1n) is 9.78. The highest BCUT2D eigenvalue weighted by molar-refractivity contribution is 6.00. The van der Waals surface area contributed by atoms with Crippen LogP contribution in [0.2, 0.25) is 0 Å². The molecule has 33 heavy (non-hydrogen) atoms. The summed E-state index contributed by atoms with van der Waals surface area (Å²) in [6, 6.07) is 11.0. The molecule has 1 aliphatic rings. The van der Waals surface area contributed by atoms with Crippen LogP contribution in [0.15, 0.2) is 66.0 Å². The average Bonchev–Trinajstić information content (AvgIpc) is 2.86. The molecule has 0 saturated heterocycles. The number of carbonyl (C=O) groups is 3. The molecule has 2 aromatic rings. The molecule has 1 aliphatic heterocycles. The Balaban J connectivity index is 2.13. The van der Waals surface area contributed by atoms with Gasteiger partial charge >= 0.3 is 17.9 Å². The molecule has 0 fully saturated rings. The number of benzene rings is 2. The van der Waals surface area contributed by atoms with Gasteiger partial charge in [0.15, 0.2) is 11.5 Å². The van der Waals surface area contributed by atoms with Crippen LogP contribution in [0.5, 0.6) is 11.5 Å². The fourth-order valence-electron chi connectivity index (χ4n) is 3.51. The predicted molar refractivity (Wildman–Crippen MR) is 118 cm³/mol. The molecule has 172 valence electrons. The number of phenols is 1. The molecule has 9 heteroatoms. The fraction of sp³-hybridized carbons (Fsp3) is 0.208. The second-order valence-corrected chi connectivity index (χ2v) is 6.96. The van der Waals surface area contributed by atoms with Crippen molar-refractivity contribution >= 4 is 23.6 Å². The maximum Gasteiger partial charge on any atom is 0.337 e. The number of anilines is 1. The summed E-state index contributed by atoms with van der Waals surface area (Å²) in [4.78, 5) is 38.7. The number of carbonyl (C=O) groups excluding carboxylic acids is 3. The summed E-state index contributed by atoms with van der Waals surface area (Å²) in [5.74, 6) is -2.59. The summed E-state index contributed by atoms with van der Waals surface area (Å²) >= 11 is 0. The van der Waals surface area contributed by atoms with Gasteiger partial charge in [0, 0.05) is 18.1 Å². The van der Waals surface area contributed by atoms with E-state index < -0.39 is 23.8 Å². The Labute approximate surface area is 190 Å². The van der Waals surface area contributed by atoms with Gasteiger partial charge in [0.2, 0.25) is 0 Å². The first-order valence-corrected chi connectivity index (χ1v) is 9.78. The predicted octanol–water partition coefficient (Wildman–Crippen LogP) is 2.91. The van der Waals surface area contributed by atoms with Crippen molar-refractivity contribution < 1.29 is 38.4 Å². The number of hydrogen-bond acceptors (Lipinski definition) is 9. The molecule has 0 aromatic heterocycles. The Morgan fingerprint density at radius 2 is 1.33 bits per heavy atom. The molecule has 1 heterocycles. The number of methoxy groups -OCH3 is 4. The quantitative estimate of drug-likeness (QED) is 0.521. The van der Waals surface area contributed by atoms with Crippen molar-refractivity contribution in [3.8, 4) is 11.5 Å². The normalized spacial score (nSPS) is 13.5. The maximum atomic E-state index is 12.7. The van der Waals surface area contributed by atoms with E-state index in [4.69, 9.17) is 18.9 Å². The maximum absolute atomic E-state index is 12.7. The van der Waals surface area contributed by atoms with E-state index in [2.05, 4.69) is 0 Å². The van der Waals surface area contributed by atoms with Gasteiger partial charge in [0.25, 0.3) is 0 Å². The summed E-state index contributed by atoms with van der Waals surface area (Å²) in [5, 5.41) is 10.3. The lowest BCUT2D eigenvalue weighted by Crippen LogP contribution is -2.28. The van der Waals surface area contributed by atoms with Crippen LogP contribution in [-0.2, 0) is 23.8 Å². The molecule has 3 rings (SSSR count). The van der Waals surface area contributed by atoms with Crippen LogP contribution in [0, 0.1) is 0 Å². The molecule has 2 aromatic carbocycles. The van der Waals surface area contributed by atoms with Crippen molar-refractivity contribution in [3.05, 3.63) is 77.1 Å². The first kappa shape index (κ1) is 23.4. The number of ether oxygens (including phenoxy) is 4. The van der Waals surface area contributed by atoms with Gasteiger partial charge < -0.3 is 29.0 Å². The molecule has 0 spiro atoms. The van der Waals surface area contributed by atoms with E-state index in [1.807, 2.05) is 0 Å². The average molecular weight is 453 g/mol. The Morgan fingerprint density at radius 3 is 1.79 bits per heavy atom. The highest BCUT2D eigenvalue weighted by Gasteiger charge is 2.36. The molecule has 0 atom stereocenters. The van der Waals surface area contributed by atoms with Crippen LogP contribution in [-0.4, -0.2) is 51.5 Å². The highest BCUT2D eigenvalue weighted by Crippen LogP contribution is 2.41. The van der Waals surface area contributed by atoms with Crippen molar-refractivity contribution in [3.63, 3.8) is 0 Å². The van der Waals surface area contributed by atoms with Crippen molar-refractivity contribution in [2.24, 2.45) is 0 Å². The molecular formula is C24H23NO8. The Morgan fingerprint density at radius 1 is 0.788 bits per heavy atom. The van der Waals surface area contributed by atoms with Crippen LogP contribution in [0.3, 0.4) is 0 Å². The van der Waals surface area contributed by atoms with Gasteiger partial charge in [-0.1, -0.05) is 6.07 Å². The van der Waals surface area contributed by atoms with Crippen molar-refractivity contribution in [1.29, 1.82) is 0 Å². The zero-order valence-corrected chi connectivity index (χ0v) is 18.5. The van der Waals surface area contributed by atoms with Crippen LogP contribution >= 0.6 is 0 Å². The third-order valence-electron chi connectivity index (χ3n) is 5.14. The van der Waals surface area contributed by atoms with E-state index in [1.165, 1.54) is 53.0 Å². The number of aromatic hydroxyl groups is 1. The van der Waals surface area contributed by atoms with E-state index in [0.29, 0.717) is 16.8 Å². The number of phenolic OH excluding ortho intramolecular Hbond substituents is 1. The molecule has 0 amide bonds. The number of nitrogens with zero attached hydrogens (tertiary/aromatic N) is 1. The fourth-order valence-corrected chi connectivity index (χ4v) is 3.51. The summed E-state index contributed by atoms with van der Waals surface area (Å²) in [7, 11) is 5.17. The van der Waals surface area contributed by atoms with Crippen molar-refractivity contribution in [2.75, 3.05) is 33.3 Å². The minimum absolute atomic E-state index is 0.141. The summed E-state index contributed by atoms with van der Waals surface area (Å²) in [6.07, 6.45) is 3.05. The van der Waals surface area contributed by atoms with Gasteiger partial charge in [-0.05, 0) is 42.0 Å². The van der Waals surface area contributed by atoms with Gasteiger partial charge in [-0.2, -0.15) is 0 Å². The molecule has 0 radical (unpaired) electrons. The highest BCUT2D eigenvalue weighted by atomic mass is 16.5. The second kappa shape index (κ2) is 9.90. The van der Waals surface area contributed by atoms with Gasteiger partial charge in [-0.3, -0.25) is 0 Å². The Kier molecular flexibility index (Phi) is 7.02. The van der Waals surface area contributed by atoms with Crippen molar-refractivity contribution in [1.82, 2.24) is 0 Å². The molecule has 0 unspecified atom stereocenters. The summed E-state index contributed by atoms with van der Waals surface area (Å²) in [6.45, 7) is 0. The second-order valence-electron chi connectivity index (χ2n) is 6.96. The summed E-state index contributed by atoms with van der Waals surface area (Å²) < 4.78 is 19.7. The molecule has 9 nitrogen and oxygen atoms in total. The Hall–Kier alpha value is -4.27. The van der Waals surface area contributed by atoms with E-state index in [-0.39, 0.29) is 22.6 Å². The monoisotopic (exact) mass is 453 g/mol. The third kappa shape index (κ3) is 4.67. The molecule has 0 aliphatic carbocycles. The number of hydrogen-bond donors (Lipinski definition) is 1.